The van der Waals surface area contributed by atoms with Gasteiger partial charge in [-0.3, -0.25) is 4.79 Å². The molecule has 172 valence electrons. The minimum absolute atomic E-state index is 0.0628. The molecular formula is C23H26Cl2N2O4S. The van der Waals surface area contributed by atoms with Gasteiger partial charge < -0.3 is 9.64 Å². The second-order valence-corrected chi connectivity index (χ2v) is 11.0. The number of methoxy groups -OCH3 is 1. The van der Waals surface area contributed by atoms with Gasteiger partial charge in [-0.15, -0.1) is 0 Å². The van der Waals surface area contributed by atoms with Crippen LogP contribution < -0.4 is 4.74 Å². The van der Waals surface area contributed by atoms with E-state index < -0.39 is 10.0 Å². The highest BCUT2D eigenvalue weighted by Crippen LogP contribution is 2.35. The first-order valence-electron chi connectivity index (χ1n) is 10.7. The van der Waals surface area contributed by atoms with Crippen LogP contribution in [-0.4, -0.2) is 49.8 Å². The Bertz CT molecular complexity index is 1060. The van der Waals surface area contributed by atoms with Crippen LogP contribution >= 0.6 is 23.2 Å². The van der Waals surface area contributed by atoms with Crippen molar-refractivity contribution < 1.29 is 17.9 Å². The van der Waals surface area contributed by atoms with Crippen LogP contribution in [0.5, 0.6) is 5.75 Å². The van der Waals surface area contributed by atoms with Crippen molar-refractivity contribution in [2.45, 2.75) is 43.2 Å². The number of sulfonamides is 1. The Labute approximate surface area is 199 Å². The Morgan fingerprint density at radius 2 is 1.62 bits per heavy atom. The zero-order chi connectivity index (χ0) is 22.9. The molecular weight excluding hydrogens is 471 g/mol. The highest BCUT2D eigenvalue weighted by Gasteiger charge is 2.39. The van der Waals surface area contributed by atoms with Crippen molar-refractivity contribution in [3.8, 4) is 5.75 Å². The van der Waals surface area contributed by atoms with Crippen LogP contribution in [0.15, 0.2) is 47.4 Å². The van der Waals surface area contributed by atoms with Crippen molar-refractivity contribution in [3.05, 3.63) is 58.1 Å². The van der Waals surface area contributed by atoms with Crippen LogP contribution in [0.1, 0.15) is 31.2 Å². The Morgan fingerprint density at radius 1 is 1.03 bits per heavy atom. The predicted molar refractivity (Wildman–Crippen MR) is 125 cm³/mol. The van der Waals surface area contributed by atoms with E-state index in [1.54, 1.807) is 13.2 Å². The van der Waals surface area contributed by atoms with Crippen molar-refractivity contribution >= 4 is 39.1 Å². The normalized spacial score (nSPS) is 17.8. The number of halogens is 2. The fourth-order valence-electron chi connectivity index (χ4n) is 4.14. The van der Waals surface area contributed by atoms with Crippen LogP contribution in [0.2, 0.25) is 10.0 Å². The smallest absolute Gasteiger partial charge is 0.246 e. The minimum Gasteiger partial charge on any atom is -0.497 e. The summed E-state index contributed by atoms with van der Waals surface area (Å²) in [4.78, 5) is 15.2. The summed E-state index contributed by atoms with van der Waals surface area (Å²) >= 11 is 12.3. The minimum atomic E-state index is -3.82. The van der Waals surface area contributed by atoms with Gasteiger partial charge in [0.05, 0.1) is 17.2 Å². The Kier molecular flexibility index (Phi) is 7.00. The van der Waals surface area contributed by atoms with Gasteiger partial charge in [-0.1, -0.05) is 41.4 Å². The van der Waals surface area contributed by atoms with E-state index >= 15 is 0 Å². The van der Waals surface area contributed by atoms with E-state index in [0.29, 0.717) is 19.4 Å². The zero-order valence-electron chi connectivity index (χ0n) is 17.8. The predicted octanol–water partition coefficient (Wildman–Crippen LogP) is 4.59. The lowest BCUT2D eigenvalue weighted by molar-refractivity contribution is -0.138. The molecule has 1 aliphatic heterocycles. The lowest BCUT2D eigenvalue weighted by Crippen LogP contribution is -2.45. The van der Waals surface area contributed by atoms with Crippen molar-refractivity contribution in [1.82, 2.24) is 9.21 Å². The summed E-state index contributed by atoms with van der Waals surface area (Å²) in [5, 5.41) is 0.213. The van der Waals surface area contributed by atoms with E-state index in [0.717, 1.165) is 24.2 Å². The molecule has 9 heteroatoms. The van der Waals surface area contributed by atoms with Crippen LogP contribution in [0, 0.1) is 5.92 Å². The number of piperidine rings is 1. The number of ether oxygens (including phenoxy) is 1. The molecule has 2 fully saturated rings. The summed E-state index contributed by atoms with van der Waals surface area (Å²) in [5.41, 5.74) is 1.06. The van der Waals surface area contributed by atoms with Crippen LogP contribution in [0.3, 0.4) is 0 Å². The summed E-state index contributed by atoms with van der Waals surface area (Å²) in [5.74, 6) is 0.698. The molecule has 1 saturated heterocycles. The molecule has 2 aromatic rings. The third-order valence-corrected chi connectivity index (χ3v) is 8.96. The number of hydrogen-bond donors (Lipinski definition) is 0. The van der Waals surface area contributed by atoms with Gasteiger partial charge >= 0.3 is 0 Å². The molecule has 1 amide bonds. The van der Waals surface area contributed by atoms with E-state index in [1.165, 1.54) is 16.4 Å². The zero-order valence-corrected chi connectivity index (χ0v) is 20.2. The van der Waals surface area contributed by atoms with Crippen molar-refractivity contribution in [2.75, 3.05) is 20.2 Å². The lowest BCUT2D eigenvalue weighted by Gasteiger charge is -2.34. The maximum atomic E-state index is 13.3. The molecule has 1 saturated carbocycles. The molecule has 6 nitrogen and oxygen atoms in total. The first-order chi connectivity index (χ1) is 15.3. The standard InChI is InChI=1S/C23H26Cl2N2O4S/c1-31-19-9-5-16(6-10-19)15-27(18-7-8-18)23(28)17-11-13-26(14-12-17)32(29,30)22-20(24)3-2-4-21(22)25/h2-6,9-10,17-18H,7-8,11-15H2,1H3. The van der Waals surface area contributed by atoms with Crippen molar-refractivity contribution in [2.24, 2.45) is 5.92 Å². The van der Waals surface area contributed by atoms with E-state index in [2.05, 4.69) is 0 Å². The van der Waals surface area contributed by atoms with E-state index in [4.69, 9.17) is 27.9 Å². The lowest BCUT2D eigenvalue weighted by atomic mass is 9.96. The quantitative estimate of drug-likeness (QED) is 0.561. The van der Waals surface area contributed by atoms with Gasteiger partial charge in [-0.2, -0.15) is 4.31 Å². The molecule has 2 aliphatic rings. The maximum Gasteiger partial charge on any atom is 0.246 e. The molecule has 0 atom stereocenters. The molecule has 0 bridgehead atoms. The molecule has 0 spiro atoms. The number of amides is 1. The molecule has 0 N–H and O–H groups in total. The van der Waals surface area contributed by atoms with Crippen molar-refractivity contribution in [3.63, 3.8) is 0 Å². The highest BCUT2D eigenvalue weighted by atomic mass is 35.5. The summed E-state index contributed by atoms with van der Waals surface area (Å²) in [6.07, 6.45) is 2.98. The van der Waals surface area contributed by atoms with Gasteiger partial charge in [0.2, 0.25) is 15.9 Å². The van der Waals surface area contributed by atoms with Crippen molar-refractivity contribution in [1.29, 1.82) is 0 Å². The van der Waals surface area contributed by atoms with Gasteiger partial charge in [0.25, 0.3) is 0 Å². The summed E-state index contributed by atoms with van der Waals surface area (Å²) in [6, 6.07) is 12.7. The Hall–Kier alpha value is -1.80. The number of nitrogens with zero attached hydrogens (tertiary/aromatic N) is 2. The molecule has 2 aromatic carbocycles. The fraction of sp³-hybridized carbons (Fsp3) is 0.435. The SMILES string of the molecule is COc1ccc(CN(C(=O)C2CCN(S(=O)(=O)c3c(Cl)cccc3Cl)CC2)C2CC2)cc1. The second kappa shape index (κ2) is 9.59. The number of hydrogen-bond acceptors (Lipinski definition) is 4. The topological polar surface area (TPSA) is 66.9 Å². The third kappa shape index (κ3) is 4.91. The molecule has 1 aliphatic carbocycles. The molecule has 0 radical (unpaired) electrons. The maximum absolute atomic E-state index is 13.3. The summed E-state index contributed by atoms with van der Waals surface area (Å²) in [7, 11) is -2.19. The van der Waals surface area contributed by atoms with E-state index in [9.17, 15) is 13.2 Å². The fourth-order valence-corrected chi connectivity index (χ4v) is 6.70. The molecule has 32 heavy (non-hydrogen) atoms. The third-order valence-electron chi connectivity index (χ3n) is 6.10. The van der Waals surface area contributed by atoms with Crippen LogP contribution in [-0.2, 0) is 21.4 Å². The van der Waals surface area contributed by atoms with Crippen LogP contribution in [0.4, 0.5) is 0 Å². The first kappa shape index (κ1) is 23.4. The second-order valence-electron chi connectivity index (χ2n) is 8.27. The van der Waals surface area contributed by atoms with Gasteiger partial charge in [0.1, 0.15) is 10.6 Å². The van der Waals surface area contributed by atoms with Gasteiger partial charge in [0.15, 0.2) is 0 Å². The largest absolute Gasteiger partial charge is 0.497 e. The van der Waals surface area contributed by atoms with E-state index in [-0.39, 0.29) is 45.9 Å². The average molecular weight is 497 g/mol. The summed E-state index contributed by atoms with van der Waals surface area (Å²) in [6.45, 7) is 1.09. The number of carbonyl (C=O) groups is 1. The molecule has 0 aromatic heterocycles. The number of carbonyl (C=O) groups excluding carboxylic acids is 1. The van der Waals surface area contributed by atoms with Gasteiger partial charge in [-0.05, 0) is 55.5 Å². The summed E-state index contributed by atoms with van der Waals surface area (Å²) < 4.78 is 32.8. The van der Waals surface area contributed by atoms with Gasteiger partial charge in [0, 0.05) is 31.6 Å². The number of rotatable bonds is 7. The number of benzene rings is 2. The van der Waals surface area contributed by atoms with E-state index in [1.807, 2.05) is 29.2 Å². The molecule has 4 rings (SSSR count). The van der Waals surface area contributed by atoms with Gasteiger partial charge in [-0.25, -0.2) is 8.42 Å². The average Bonchev–Trinajstić information content (AvgIpc) is 3.62. The van der Waals surface area contributed by atoms with Crippen LogP contribution in [0.25, 0.3) is 0 Å². The Balaban J connectivity index is 1.43. The Morgan fingerprint density at radius 3 is 2.16 bits per heavy atom. The first-order valence-corrected chi connectivity index (χ1v) is 12.9. The highest BCUT2D eigenvalue weighted by molar-refractivity contribution is 7.89. The monoisotopic (exact) mass is 496 g/mol. The molecule has 1 heterocycles. The molecule has 0 unspecified atom stereocenters.